The summed E-state index contributed by atoms with van der Waals surface area (Å²) in [6, 6.07) is 0. The maximum absolute atomic E-state index is 10.9. The third kappa shape index (κ3) is 4.98. The number of ketones is 2. The number of hydrogen-bond donors (Lipinski definition) is 2. The number of aliphatic hydroxyl groups is 2. The average Bonchev–Trinajstić information content (AvgIpc) is 2.10. The lowest BCUT2D eigenvalue weighted by molar-refractivity contribution is -0.136. The van der Waals surface area contributed by atoms with Crippen LogP contribution in [0.5, 0.6) is 0 Å². The molecule has 0 heterocycles. The van der Waals surface area contributed by atoms with E-state index in [9.17, 15) is 9.59 Å². The molecule has 0 aliphatic heterocycles. The first-order valence-electron chi connectivity index (χ1n) is 4.00. The highest BCUT2D eigenvalue weighted by atomic mass is 16.3. The molecule has 0 aliphatic carbocycles. The monoisotopic (exact) mass is 174 g/mol. The molecule has 70 valence electrons. The van der Waals surface area contributed by atoms with Gasteiger partial charge in [0.2, 0.25) is 0 Å². The molecular weight excluding hydrogens is 160 g/mol. The highest BCUT2D eigenvalue weighted by Crippen LogP contribution is 1.96. The smallest absolute Gasteiger partial charge is 0.198 e. The van der Waals surface area contributed by atoms with Crippen LogP contribution in [0, 0.1) is 0 Å². The molecule has 0 aromatic carbocycles. The molecule has 0 aliphatic rings. The van der Waals surface area contributed by atoms with E-state index in [4.69, 9.17) is 10.2 Å². The molecule has 0 radical (unpaired) electrons. The van der Waals surface area contributed by atoms with Crippen molar-refractivity contribution < 1.29 is 19.8 Å². The van der Waals surface area contributed by atoms with Crippen LogP contribution < -0.4 is 0 Å². The van der Waals surface area contributed by atoms with Gasteiger partial charge in [0.25, 0.3) is 0 Å². The first-order chi connectivity index (χ1) is 5.72. The van der Waals surface area contributed by atoms with Crippen molar-refractivity contribution in [1.29, 1.82) is 0 Å². The van der Waals surface area contributed by atoms with Gasteiger partial charge in [-0.05, 0) is 12.8 Å². The molecule has 0 atom stereocenters. The molecule has 0 saturated carbocycles. The van der Waals surface area contributed by atoms with E-state index in [1.54, 1.807) is 0 Å². The number of hydrogen-bond acceptors (Lipinski definition) is 4. The summed E-state index contributed by atoms with van der Waals surface area (Å²) in [5.74, 6) is -0.894. The minimum atomic E-state index is -0.447. The van der Waals surface area contributed by atoms with Crippen molar-refractivity contribution in [2.24, 2.45) is 0 Å². The Labute approximate surface area is 71.2 Å². The van der Waals surface area contributed by atoms with Gasteiger partial charge in [0.1, 0.15) is 0 Å². The zero-order valence-corrected chi connectivity index (χ0v) is 6.95. The number of carbonyl (C=O) groups excluding carboxylic acids is 2. The van der Waals surface area contributed by atoms with E-state index >= 15 is 0 Å². The van der Waals surface area contributed by atoms with Crippen molar-refractivity contribution in [1.82, 2.24) is 0 Å². The van der Waals surface area contributed by atoms with Gasteiger partial charge in [-0.1, -0.05) is 0 Å². The van der Waals surface area contributed by atoms with Crippen molar-refractivity contribution in [3.05, 3.63) is 0 Å². The molecule has 0 amide bonds. The first kappa shape index (κ1) is 11.3. The molecule has 2 N–H and O–H groups in total. The standard InChI is InChI=1S/C8H14O4/c9-5-1-3-7(11)8(12)4-2-6-10/h9-10H,1-6H2. The second-order valence-corrected chi connectivity index (χ2v) is 2.50. The normalized spacial score (nSPS) is 9.83. The molecule has 0 spiro atoms. The zero-order chi connectivity index (χ0) is 9.40. The molecule has 0 bridgehead atoms. The summed E-state index contributed by atoms with van der Waals surface area (Å²) in [6.45, 7) is -0.141. The van der Waals surface area contributed by atoms with Crippen LogP contribution in [0.25, 0.3) is 0 Å². The molecule has 0 aromatic heterocycles. The van der Waals surface area contributed by atoms with Gasteiger partial charge in [-0.2, -0.15) is 0 Å². The molecule has 0 rings (SSSR count). The summed E-state index contributed by atoms with van der Waals surface area (Å²) in [7, 11) is 0. The second-order valence-electron chi connectivity index (χ2n) is 2.50. The Balaban J connectivity index is 3.55. The molecule has 0 aromatic rings. The van der Waals surface area contributed by atoms with Gasteiger partial charge in [-0.3, -0.25) is 9.59 Å². The Kier molecular flexibility index (Phi) is 6.51. The van der Waals surface area contributed by atoms with Crippen LogP contribution in [0.15, 0.2) is 0 Å². The van der Waals surface area contributed by atoms with Gasteiger partial charge >= 0.3 is 0 Å². The summed E-state index contributed by atoms with van der Waals surface area (Å²) < 4.78 is 0. The highest BCUT2D eigenvalue weighted by Gasteiger charge is 2.11. The Morgan fingerprint density at radius 2 is 1.17 bits per heavy atom. The van der Waals surface area contributed by atoms with Crippen molar-refractivity contribution in [2.45, 2.75) is 25.7 Å². The van der Waals surface area contributed by atoms with E-state index in [1.165, 1.54) is 0 Å². The van der Waals surface area contributed by atoms with Gasteiger partial charge in [-0.15, -0.1) is 0 Å². The van der Waals surface area contributed by atoms with E-state index in [1.807, 2.05) is 0 Å². The Bertz CT molecular complexity index is 135. The van der Waals surface area contributed by atoms with E-state index in [0.717, 1.165) is 0 Å². The third-order valence-corrected chi connectivity index (χ3v) is 1.43. The molecule has 4 heteroatoms. The molecule has 4 nitrogen and oxygen atoms in total. The summed E-state index contributed by atoms with van der Waals surface area (Å²) in [5.41, 5.74) is 0. The van der Waals surface area contributed by atoms with Crippen LogP contribution >= 0.6 is 0 Å². The van der Waals surface area contributed by atoms with Crippen molar-refractivity contribution in [3.8, 4) is 0 Å². The Morgan fingerprint density at radius 3 is 1.42 bits per heavy atom. The zero-order valence-electron chi connectivity index (χ0n) is 6.95. The van der Waals surface area contributed by atoms with Crippen LogP contribution in [0.3, 0.4) is 0 Å². The lowest BCUT2D eigenvalue weighted by Gasteiger charge is -1.96. The van der Waals surface area contributed by atoms with Gasteiger partial charge in [0.05, 0.1) is 0 Å². The van der Waals surface area contributed by atoms with Crippen LogP contribution in [-0.2, 0) is 9.59 Å². The van der Waals surface area contributed by atoms with Gasteiger partial charge in [0, 0.05) is 26.1 Å². The quantitative estimate of drug-likeness (QED) is 0.518. The average molecular weight is 174 g/mol. The summed E-state index contributed by atoms with van der Waals surface area (Å²) >= 11 is 0. The van der Waals surface area contributed by atoms with Crippen LogP contribution in [0.4, 0.5) is 0 Å². The van der Waals surface area contributed by atoms with Crippen molar-refractivity contribution in [3.63, 3.8) is 0 Å². The molecule has 0 fully saturated rings. The predicted molar refractivity (Wildman–Crippen MR) is 42.7 cm³/mol. The number of rotatable bonds is 7. The van der Waals surface area contributed by atoms with Crippen LogP contribution in [-0.4, -0.2) is 35.0 Å². The lowest BCUT2D eigenvalue weighted by Crippen LogP contribution is -2.14. The predicted octanol–water partition coefficient (Wildman–Crippen LogP) is -0.330. The van der Waals surface area contributed by atoms with Crippen molar-refractivity contribution in [2.75, 3.05) is 13.2 Å². The van der Waals surface area contributed by atoms with Gasteiger partial charge < -0.3 is 10.2 Å². The first-order valence-corrected chi connectivity index (χ1v) is 4.00. The highest BCUT2D eigenvalue weighted by molar-refractivity contribution is 6.37. The lowest BCUT2D eigenvalue weighted by atomic mass is 10.1. The third-order valence-electron chi connectivity index (χ3n) is 1.43. The number of aliphatic hydroxyl groups excluding tert-OH is 2. The number of Topliss-reactive ketones (excluding diaryl/α,β-unsaturated/α-hetero) is 2. The van der Waals surface area contributed by atoms with Gasteiger partial charge in [-0.25, -0.2) is 0 Å². The van der Waals surface area contributed by atoms with E-state index in [2.05, 4.69) is 0 Å². The molecule has 12 heavy (non-hydrogen) atoms. The fraction of sp³-hybridized carbons (Fsp3) is 0.750. The molecule has 0 saturated heterocycles. The Hall–Kier alpha value is -0.740. The van der Waals surface area contributed by atoms with Crippen molar-refractivity contribution >= 4 is 11.6 Å². The summed E-state index contributed by atoms with van der Waals surface area (Å²) in [6.07, 6.45) is 0.898. The topological polar surface area (TPSA) is 74.6 Å². The fourth-order valence-electron chi connectivity index (χ4n) is 0.758. The largest absolute Gasteiger partial charge is 0.396 e. The van der Waals surface area contributed by atoms with Crippen LogP contribution in [0.1, 0.15) is 25.7 Å². The SMILES string of the molecule is O=C(CCCO)C(=O)CCCO. The number of carbonyl (C=O) groups is 2. The maximum Gasteiger partial charge on any atom is 0.198 e. The van der Waals surface area contributed by atoms with E-state index in [0.29, 0.717) is 12.8 Å². The minimum Gasteiger partial charge on any atom is -0.396 e. The maximum atomic E-state index is 10.9. The Morgan fingerprint density at radius 1 is 0.833 bits per heavy atom. The second kappa shape index (κ2) is 6.94. The van der Waals surface area contributed by atoms with E-state index < -0.39 is 11.6 Å². The van der Waals surface area contributed by atoms with Crippen LogP contribution in [0.2, 0.25) is 0 Å². The molecule has 0 unspecified atom stereocenters. The molecular formula is C8H14O4. The summed E-state index contributed by atoms with van der Waals surface area (Å²) in [5, 5.41) is 16.7. The minimum absolute atomic E-state index is 0.0704. The van der Waals surface area contributed by atoms with E-state index in [-0.39, 0.29) is 26.1 Å². The fourth-order valence-corrected chi connectivity index (χ4v) is 0.758. The summed E-state index contributed by atoms with van der Waals surface area (Å²) in [4.78, 5) is 21.7. The van der Waals surface area contributed by atoms with Gasteiger partial charge in [0.15, 0.2) is 11.6 Å².